The lowest BCUT2D eigenvalue weighted by Gasteiger charge is -2.28. The number of carbonyl (C=O) groups excluding carboxylic acids is 3. The highest BCUT2D eigenvalue weighted by atomic mass is 16.6. The third-order valence-corrected chi connectivity index (χ3v) is 4.60. The number of hydrogen-bond donors (Lipinski definition) is 0. The maximum absolute atomic E-state index is 12.8. The standard InChI is InChI=1S/C25H27NO6/c1-17(27)31-20-12-10-19(11-13-20)16-30-22-15-23(28)26(24(29)32-25(2,3)4)21(22)14-18-8-6-5-7-9-18/h5-13,15,21H,14,16H2,1-4H3/t21-/m0/s1. The predicted molar refractivity (Wildman–Crippen MR) is 118 cm³/mol. The van der Waals surface area contributed by atoms with Crippen molar-refractivity contribution >= 4 is 18.0 Å². The molecule has 0 N–H and O–H groups in total. The number of benzene rings is 2. The van der Waals surface area contributed by atoms with Crippen molar-refractivity contribution in [3.63, 3.8) is 0 Å². The summed E-state index contributed by atoms with van der Waals surface area (Å²) < 4.78 is 16.4. The summed E-state index contributed by atoms with van der Waals surface area (Å²) in [5.74, 6) is -0.0293. The van der Waals surface area contributed by atoms with Crippen LogP contribution in [0.2, 0.25) is 0 Å². The Kier molecular flexibility index (Phi) is 6.98. The smallest absolute Gasteiger partial charge is 0.418 e. The molecule has 1 aliphatic rings. The molecule has 1 atom stereocenters. The van der Waals surface area contributed by atoms with E-state index in [1.165, 1.54) is 13.0 Å². The molecule has 7 nitrogen and oxygen atoms in total. The highest BCUT2D eigenvalue weighted by molar-refractivity contribution is 6.02. The van der Waals surface area contributed by atoms with Gasteiger partial charge < -0.3 is 14.2 Å². The molecule has 32 heavy (non-hydrogen) atoms. The monoisotopic (exact) mass is 437 g/mol. The van der Waals surface area contributed by atoms with Crippen molar-refractivity contribution in [1.29, 1.82) is 0 Å². The Bertz CT molecular complexity index is 1000. The lowest BCUT2D eigenvalue weighted by atomic mass is 10.0. The minimum absolute atomic E-state index is 0.187. The van der Waals surface area contributed by atoms with E-state index in [4.69, 9.17) is 14.2 Å². The van der Waals surface area contributed by atoms with Crippen LogP contribution in [0.4, 0.5) is 4.79 Å². The maximum atomic E-state index is 12.8. The molecule has 0 spiro atoms. The number of ether oxygens (including phenoxy) is 3. The van der Waals surface area contributed by atoms with Crippen LogP contribution in [-0.2, 0) is 32.1 Å². The van der Waals surface area contributed by atoms with Crippen molar-refractivity contribution in [3.05, 3.63) is 77.6 Å². The average Bonchev–Trinajstić information content (AvgIpc) is 3.01. The zero-order valence-corrected chi connectivity index (χ0v) is 18.7. The van der Waals surface area contributed by atoms with Gasteiger partial charge >= 0.3 is 12.1 Å². The van der Waals surface area contributed by atoms with E-state index in [1.54, 1.807) is 45.0 Å². The number of esters is 1. The number of hydrogen-bond acceptors (Lipinski definition) is 6. The second-order valence-electron chi connectivity index (χ2n) is 8.47. The Hall–Kier alpha value is -3.61. The van der Waals surface area contributed by atoms with E-state index >= 15 is 0 Å². The molecule has 168 valence electrons. The van der Waals surface area contributed by atoms with E-state index < -0.39 is 29.6 Å². The highest BCUT2D eigenvalue weighted by Gasteiger charge is 2.41. The number of rotatable bonds is 6. The van der Waals surface area contributed by atoms with Gasteiger partial charge in [0.05, 0.1) is 0 Å². The number of amides is 2. The fourth-order valence-corrected chi connectivity index (χ4v) is 3.25. The maximum Gasteiger partial charge on any atom is 0.418 e. The SMILES string of the molecule is CC(=O)Oc1ccc(COC2=CC(=O)N(C(=O)OC(C)(C)C)[C@H]2Cc2ccccc2)cc1. The molecule has 2 aromatic carbocycles. The first-order valence-electron chi connectivity index (χ1n) is 10.3. The predicted octanol–water partition coefficient (Wildman–Crippen LogP) is 4.40. The van der Waals surface area contributed by atoms with Gasteiger partial charge in [-0.1, -0.05) is 42.5 Å². The second kappa shape index (κ2) is 9.68. The normalized spacial score (nSPS) is 15.9. The molecule has 0 aliphatic carbocycles. The largest absolute Gasteiger partial charge is 0.491 e. The summed E-state index contributed by atoms with van der Waals surface area (Å²) in [6.45, 7) is 6.78. The van der Waals surface area contributed by atoms with Crippen molar-refractivity contribution in [3.8, 4) is 5.75 Å². The lowest BCUT2D eigenvalue weighted by Crippen LogP contribution is -2.44. The van der Waals surface area contributed by atoms with Gasteiger partial charge in [-0.15, -0.1) is 0 Å². The summed E-state index contributed by atoms with van der Waals surface area (Å²) in [4.78, 5) is 37.6. The molecule has 0 radical (unpaired) electrons. The van der Waals surface area contributed by atoms with Crippen molar-refractivity contribution in [1.82, 2.24) is 4.90 Å². The molecule has 3 rings (SSSR count). The van der Waals surface area contributed by atoms with Crippen LogP contribution in [0.3, 0.4) is 0 Å². The minimum Gasteiger partial charge on any atom is -0.491 e. The summed E-state index contributed by atoms with van der Waals surface area (Å²) in [5.41, 5.74) is 1.05. The van der Waals surface area contributed by atoms with Crippen LogP contribution in [-0.4, -0.2) is 34.5 Å². The topological polar surface area (TPSA) is 82.1 Å². The summed E-state index contributed by atoms with van der Waals surface area (Å²) in [5, 5.41) is 0. The molecule has 0 saturated carbocycles. The minimum atomic E-state index is -0.734. The molecule has 0 bridgehead atoms. The Labute approximate surface area is 187 Å². The van der Waals surface area contributed by atoms with Crippen LogP contribution in [0, 0.1) is 0 Å². The van der Waals surface area contributed by atoms with Gasteiger partial charge in [-0.05, 0) is 44.0 Å². The summed E-state index contributed by atoms with van der Waals surface area (Å²) >= 11 is 0. The molecule has 0 aromatic heterocycles. The first kappa shape index (κ1) is 23.1. The molecule has 2 aromatic rings. The van der Waals surface area contributed by atoms with Gasteiger partial charge in [-0.2, -0.15) is 0 Å². The number of carbonyl (C=O) groups is 3. The van der Waals surface area contributed by atoms with E-state index in [9.17, 15) is 14.4 Å². The van der Waals surface area contributed by atoms with Gasteiger partial charge in [0.15, 0.2) is 0 Å². The van der Waals surface area contributed by atoms with Crippen molar-refractivity contribution in [2.45, 2.75) is 52.4 Å². The third kappa shape index (κ3) is 6.20. The molecule has 7 heteroatoms. The van der Waals surface area contributed by atoms with E-state index in [0.717, 1.165) is 16.0 Å². The first-order chi connectivity index (χ1) is 15.1. The van der Waals surface area contributed by atoms with Gasteiger partial charge in [0.25, 0.3) is 5.91 Å². The molecule has 0 fully saturated rings. The molecular formula is C25H27NO6. The summed E-state index contributed by atoms with van der Waals surface area (Å²) in [6, 6.07) is 15.8. The van der Waals surface area contributed by atoms with Gasteiger partial charge in [0.1, 0.15) is 29.8 Å². The zero-order chi connectivity index (χ0) is 23.3. The van der Waals surface area contributed by atoms with Crippen molar-refractivity contribution < 1.29 is 28.6 Å². The summed E-state index contributed by atoms with van der Waals surface area (Å²) in [6.07, 6.45) is 1.04. The molecule has 0 saturated heterocycles. The van der Waals surface area contributed by atoms with Crippen LogP contribution in [0.1, 0.15) is 38.8 Å². The Morgan fingerprint density at radius 1 is 0.969 bits per heavy atom. The van der Waals surface area contributed by atoms with Crippen LogP contribution in [0.5, 0.6) is 5.75 Å². The zero-order valence-electron chi connectivity index (χ0n) is 18.7. The van der Waals surface area contributed by atoms with Crippen LogP contribution < -0.4 is 4.74 Å². The van der Waals surface area contributed by atoms with Crippen molar-refractivity contribution in [2.75, 3.05) is 0 Å². The molecule has 1 aliphatic heterocycles. The van der Waals surface area contributed by atoms with E-state index in [1.807, 2.05) is 30.3 Å². The van der Waals surface area contributed by atoms with Gasteiger partial charge in [0.2, 0.25) is 0 Å². The van der Waals surface area contributed by atoms with Crippen molar-refractivity contribution in [2.24, 2.45) is 0 Å². The van der Waals surface area contributed by atoms with E-state index in [0.29, 0.717) is 17.9 Å². The van der Waals surface area contributed by atoms with Gasteiger partial charge in [-0.25, -0.2) is 9.69 Å². The Morgan fingerprint density at radius 3 is 2.22 bits per heavy atom. The Morgan fingerprint density at radius 2 is 1.62 bits per heavy atom. The fraction of sp³-hybridized carbons (Fsp3) is 0.320. The number of nitrogens with zero attached hydrogens (tertiary/aromatic N) is 1. The number of imide groups is 1. The third-order valence-electron chi connectivity index (χ3n) is 4.60. The van der Waals surface area contributed by atoms with Crippen LogP contribution in [0.15, 0.2) is 66.4 Å². The van der Waals surface area contributed by atoms with Gasteiger partial charge in [-0.3, -0.25) is 9.59 Å². The van der Waals surface area contributed by atoms with E-state index in [-0.39, 0.29) is 6.61 Å². The second-order valence-corrected chi connectivity index (χ2v) is 8.47. The molecule has 1 heterocycles. The first-order valence-corrected chi connectivity index (χ1v) is 10.3. The van der Waals surface area contributed by atoms with Gasteiger partial charge in [0, 0.05) is 19.4 Å². The quantitative estimate of drug-likeness (QED) is 0.492. The fourth-order valence-electron chi connectivity index (χ4n) is 3.25. The van der Waals surface area contributed by atoms with E-state index in [2.05, 4.69) is 0 Å². The molecule has 2 amide bonds. The van der Waals surface area contributed by atoms with Crippen LogP contribution >= 0.6 is 0 Å². The Balaban J connectivity index is 1.76. The average molecular weight is 437 g/mol. The highest BCUT2D eigenvalue weighted by Crippen LogP contribution is 2.27. The molecular weight excluding hydrogens is 410 g/mol. The van der Waals surface area contributed by atoms with Crippen LogP contribution in [0.25, 0.3) is 0 Å². The lowest BCUT2D eigenvalue weighted by molar-refractivity contribution is -0.132. The summed E-state index contributed by atoms with van der Waals surface area (Å²) in [7, 11) is 0. The molecule has 0 unspecified atom stereocenters.